The predicted octanol–water partition coefficient (Wildman–Crippen LogP) is 3.12. The summed E-state index contributed by atoms with van der Waals surface area (Å²) >= 11 is 0. The number of fused-ring (bicyclic) bond motifs is 3. The Morgan fingerprint density at radius 1 is 1.39 bits per heavy atom. The molecule has 1 atom stereocenters. The molecule has 0 bridgehead atoms. The predicted molar refractivity (Wildman–Crippen MR) is 77.0 cm³/mol. The summed E-state index contributed by atoms with van der Waals surface area (Å²) in [7, 11) is 2.22. The van der Waals surface area contributed by atoms with E-state index >= 15 is 0 Å². The smallest absolute Gasteiger partial charge is 0.0515 e. The number of rotatable bonds is 2. The molecule has 0 spiro atoms. The van der Waals surface area contributed by atoms with Gasteiger partial charge >= 0.3 is 0 Å². The van der Waals surface area contributed by atoms with E-state index in [1.807, 2.05) is 0 Å². The van der Waals surface area contributed by atoms with Crippen molar-refractivity contribution in [2.45, 2.75) is 38.5 Å². The normalized spacial score (nSPS) is 19.2. The number of hydrogen-bond donors (Lipinski definition) is 1. The lowest BCUT2D eigenvalue weighted by molar-refractivity contribution is 0.534. The molecule has 0 radical (unpaired) electrons. The largest absolute Gasteiger partial charge is 0.347 e. The lowest BCUT2D eigenvalue weighted by Gasteiger charge is -2.23. The molecule has 18 heavy (non-hydrogen) atoms. The number of nitrogens with zero attached hydrogens (tertiary/aromatic N) is 1. The SMILES string of the molecule is CCc1cccc2c3c(n(C)c12)C(CN)CCC3. The van der Waals surface area contributed by atoms with Gasteiger partial charge in [0.15, 0.2) is 0 Å². The molecule has 0 saturated heterocycles. The fourth-order valence-corrected chi connectivity index (χ4v) is 3.65. The van der Waals surface area contributed by atoms with Gasteiger partial charge in [-0.1, -0.05) is 25.1 Å². The molecule has 3 rings (SSSR count). The Hall–Kier alpha value is -1.28. The van der Waals surface area contributed by atoms with Crippen LogP contribution in [0.25, 0.3) is 10.9 Å². The van der Waals surface area contributed by atoms with Gasteiger partial charge in [0.2, 0.25) is 0 Å². The summed E-state index contributed by atoms with van der Waals surface area (Å²) in [5.41, 5.74) is 11.9. The number of aromatic nitrogens is 1. The second-order valence-electron chi connectivity index (χ2n) is 5.41. The third kappa shape index (κ3) is 1.52. The highest BCUT2D eigenvalue weighted by Crippen LogP contribution is 2.38. The molecule has 0 saturated carbocycles. The van der Waals surface area contributed by atoms with E-state index in [1.165, 1.54) is 41.4 Å². The standard InChI is InChI=1S/C16H22N2/c1-3-11-6-4-8-13-14-9-5-7-12(10-17)16(14)18(2)15(11)13/h4,6,8,12H,3,5,7,9-10,17H2,1-2H3. The Kier molecular flexibility index (Phi) is 2.90. The maximum atomic E-state index is 5.97. The van der Waals surface area contributed by atoms with Gasteiger partial charge in [-0.25, -0.2) is 0 Å². The molecular formula is C16H22N2. The van der Waals surface area contributed by atoms with Crippen LogP contribution in [0.4, 0.5) is 0 Å². The fourth-order valence-electron chi connectivity index (χ4n) is 3.65. The third-order valence-electron chi connectivity index (χ3n) is 4.48. The number of aryl methyl sites for hydroxylation is 3. The van der Waals surface area contributed by atoms with E-state index in [2.05, 4.69) is 36.7 Å². The van der Waals surface area contributed by atoms with Gasteiger partial charge in [-0.3, -0.25) is 0 Å². The molecule has 1 aromatic carbocycles. The Morgan fingerprint density at radius 2 is 2.22 bits per heavy atom. The average molecular weight is 242 g/mol. The maximum absolute atomic E-state index is 5.97. The monoisotopic (exact) mass is 242 g/mol. The van der Waals surface area contributed by atoms with Crippen molar-refractivity contribution in [1.82, 2.24) is 4.57 Å². The first-order valence-electron chi connectivity index (χ1n) is 7.07. The van der Waals surface area contributed by atoms with Crippen LogP contribution in [0.3, 0.4) is 0 Å². The molecule has 2 nitrogen and oxygen atoms in total. The highest BCUT2D eigenvalue weighted by Gasteiger charge is 2.26. The van der Waals surface area contributed by atoms with Crippen LogP contribution >= 0.6 is 0 Å². The first kappa shape index (κ1) is 11.8. The molecule has 1 unspecified atom stereocenters. The maximum Gasteiger partial charge on any atom is 0.0515 e. The molecule has 2 heteroatoms. The van der Waals surface area contributed by atoms with Gasteiger partial charge in [-0.05, 0) is 36.8 Å². The lowest BCUT2D eigenvalue weighted by atomic mass is 9.86. The Labute approximate surface area is 109 Å². The summed E-state index contributed by atoms with van der Waals surface area (Å²) in [5, 5.41) is 1.46. The van der Waals surface area contributed by atoms with Gasteiger partial charge in [0, 0.05) is 30.6 Å². The van der Waals surface area contributed by atoms with Gasteiger partial charge < -0.3 is 10.3 Å². The van der Waals surface area contributed by atoms with Crippen molar-refractivity contribution < 1.29 is 0 Å². The summed E-state index contributed by atoms with van der Waals surface area (Å²) < 4.78 is 2.42. The van der Waals surface area contributed by atoms with E-state index in [4.69, 9.17) is 5.73 Å². The van der Waals surface area contributed by atoms with Crippen LogP contribution in [0.5, 0.6) is 0 Å². The molecule has 1 heterocycles. The van der Waals surface area contributed by atoms with E-state index in [1.54, 1.807) is 5.56 Å². The zero-order valence-corrected chi connectivity index (χ0v) is 11.4. The molecule has 96 valence electrons. The summed E-state index contributed by atoms with van der Waals surface area (Å²) in [6, 6.07) is 6.74. The second kappa shape index (κ2) is 4.43. The van der Waals surface area contributed by atoms with Crippen molar-refractivity contribution in [2.24, 2.45) is 12.8 Å². The summed E-state index contributed by atoms with van der Waals surface area (Å²) in [5.74, 6) is 0.552. The van der Waals surface area contributed by atoms with E-state index in [-0.39, 0.29) is 0 Å². The van der Waals surface area contributed by atoms with Crippen molar-refractivity contribution in [3.63, 3.8) is 0 Å². The zero-order chi connectivity index (χ0) is 12.7. The van der Waals surface area contributed by atoms with Gasteiger partial charge in [0.1, 0.15) is 0 Å². The van der Waals surface area contributed by atoms with Crippen LogP contribution in [0.2, 0.25) is 0 Å². The highest BCUT2D eigenvalue weighted by molar-refractivity contribution is 5.88. The minimum atomic E-state index is 0.552. The molecule has 2 aromatic rings. The van der Waals surface area contributed by atoms with Crippen LogP contribution < -0.4 is 5.73 Å². The Morgan fingerprint density at radius 3 is 2.94 bits per heavy atom. The van der Waals surface area contributed by atoms with Gasteiger partial charge in [-0.15, -0.1) is 0 Å². The van der Waals surface area contributed by atoms with Crippen molar-refractivity contribution in [3.8, 4) is 0 Å². The fraction of sp³-hybridized carbons (Fsp3) is 0.500. The highest BCUT2D eigenvalue weighted by atomic mass is 15.0. The Balaban J connectivity index is 2.34. The summed E-state index contributed by atoms with van der Waals surface area (Å²) in [4.78, 5) is 0. The molecule has 1 aromatic heterocycles. The second-order valence-corrected chi connectivity index (χ2v) is 5.41. The van der Waals surface area contributed by atoms with Crippen LogP contribution in [0, 0.1) is 0 Å². The zero-order valence-electron chi connectivity index (χ0n) is 11.4. The van der Waals surface area contributed by atoms with E-state index < -0.39 is 0 Å². The summed E-state index contributed by atoms with van der Waals surface area (Å²) in [6.45, 7) is 3.01. The average Bonchev–Trinajstić information content (AvgIpc) is 2.73. The van der Waals surface area contributed by atoms with Crippen molar-refractivity contribution >= 4 is 10.9 Å². The lowest BCUT2D eigenvalue weighted by Crippen LogP contribution is -2.20. The van der Waals surface area contributed by atoms with Gasteiger partial charge in [0.05, 0.1) is 5.52 Å². The van der Waals surface area contributed by atoms with E-state index in [9.17, 15) is 0 Å². The number of nitrogens with two attached hydrogens (primary N) is 1. The van der Waals surface area contributed by atoms with Crippen LogP contribution in [0.15, 0.2) is 18.2 Å². The first-order chi connectivity index (χ1) is 8.77. The van der Waals surface area contributed by atoms with Gasteiger partial charge in [0.25, 0.3) is 0 Å². The minimum absolute atomic E-state index is 0.552. The van der Waals surface area contributed by atoms with Crippen molar-refractivity contribution in [2.75, 3.05) is 6.54 Å². The van der Waals surface area contributed by atoms with Crippen LogP contribution in [0.1, 0.15) is 42.5 Å². The van der Waals surface area contributed by atoms with Crippen LogP contribution in [-0.2, 0) is 19.9 Å². The van der Waals surface area contributed by atoms with E-state index in [0.29, 0.717) is 5.92 Å². The molecule has 2 N–H and O–H groups in total. The van der Waals surface area contributed by atoms with Crippen LogP contribution in [-0.4, -0.2) is 11.1 Å². The van der Waals surface area contributed by atoms with Crippen molar-refractivity contribution in [3.05, 3.63) is 35.0 Å². The summed E-state index contributed by atoms with van der Waals surface area (Å²) in [6.07, 6.45) is 4.84. The first-order valence-corrected chi connectivity index (χ1v) is 7.07. The quantitative estimate of drug-likeness (QED) is 0.862. The molecule has 1 aliphatic rings. The number of para-hydroxylation sites is 1. The molecule has 1 aliphatic carbocycles. The molecule has 0 aliphatic heterocycles. The minimum Gasteiger partial charge on any atom is -0.347 e. The molecular weight excluding hydrogens is 220 g/mol. The van der Waals surface area contributed by atoms with Crippen molar-refractivity contribution in [1.29, 1.82) is 0 Å². The number of hydrogen-bond acceptors (Lipinski definition) is 1. The third-order valence-corrected chi connectivity index (χ3v) is 4.48. The Bertz CT molecular complexity index is 580. The van der Waals surface area contributed by atoms with E-state index in [0.717, 1.165) is 13.0 Å². The topological polar surface area (TPSA) is 30.9 Å². The molecule has 0 fully saturated rings. The molecule has 0 amide bonds. The number of benzene rings is 1. The van der Waals surface area contributed by atoms with Gasteiger partial charge in [-0.2, -0.15) is 0 Å².